The fourth-order valence-corrected chi connectivity index (χ4v) is 3.56. The van der Waals surface area contributed by atoms with E-state index in [-0.39, 0.29) is 16.6 Å². The monoisotopic (exact) mass is 483 g/mol. The molecule has 0 radical (unpaired) electrons. The maximum absolute atomic E-state index is 12.6. The van der Waals surface area contributed by atoms with Crippen LogP contribution < -0.4 is 5.32 Å². The molecule has 2 aromatic heterocycles. The zero-order valence-electron chi connectivity index (χ0n) is 19.5. The highest BCUT2D eigenvalue weighted by atomic mass is 35.5. The van der Waals surface area contributed by atoms with Crippen LogP contribution in [0.2, 0.25) is 5.02 Å². The predicted molar refractivity (Wildman–Crippen MR) is 128 cm³/mol. The van der Waals surface area contributed by atoms with Crippen LogP contribution in [0.5, 0.6) is 0 Å². The van der Waals surface area contributed by atoms with Gasteiger partial charge in [0.2, 0.25) is 0 Å². The van der Waals surface area contributed by atoms with Crippen LogP contribution in [0.25, 0.3) is 5.82 Å². The number of carbonyl (C=O) groups is 3. The van der Waals surface area contributed by atoms with Crippen molar-refractivity contribution in [3.8, 4) is 5.82 Å². The number of benzene rings is 1. The van der Waals surface area contributed by atoms with E-state index in [2.05, 4.69) is 15.4 Å². The Bertz CT molecular complexity index is 1220. The molecule has 0 aliphatic carbocycles. The van der Waals surface area contributed by atoms with Gasteiger partial charge in [-0.15, -0.1) is 0 Å². The summed E-state index contributed by atoms with van der Waals surface area (Å²) >= 11 is 6.14. The number of rotatable bonds is 8. The van der Waals surface area contributed by atoms with Crippen LogP contribution in [0.1, 0.15) is 46.1 Å². The maximum atomic E-state index is 12.6. The number of halogens is 1. The standard InChI is InChI=1S/C24H26ClN5O4/c1-5-29(6-2)23(32)17-8-7-9-18(13-17)26-21(31)14-34-24(33)22-19(25)10-11-20(27-22)30-16(4)12-15(3)28-30/h7-13H,5-6,14H2,1-4H3,(H,26,31). The minimum Gasteiger partial charge on any atom is -0.451 e. The third kappa shape index (κ3) is 5.79. The van der Waals surface area contributed by atoms with E-state index < -0.39 is 18.5 Å². The molecule has 2 amide bonds. The van der Waals surface area contributed by atoms with Crippen molar-refractivity contribution in [3.63, 3.8) is 0 Å². The Morgan fingerprint density at radius 1 is 1.09 bits per heavy atom. The minimum atomic E-state index is -0.839. The highest BCUT2D eigenvalue weighted by Gasteiger charge is 2.18. The first-order chi connectivity index (χ1) is 16.2. The van der Waals surface area contributed by atoms with Gasteiger partial charge in [0.05, 0.1) is 10.7 Å². The third-order valence-corrected chi connectivity index (χ3v) is 5.33. The number of hydrogen-bond donors (Lipinski definition) is 1. The molecule has 34 heavy (non-hydrogen) atoms. The molecule has 9 nitrogen and oxygen atoms in total. The first-order valence-electron chi connectivity index (χ1n) is 10.8. The van der Waals surface area contributed by atoms with Crippen LogP contribution >= 0.6 is 11.6 Å². The summed E-state index contributed by atoms with van der Waals surface area (Å²) in [5.74, 6) is -1.13. The summed E-state index contributed by atoms with van der Waals surface area (Å²) in [4.78, 5) is 43.4. The molecule has 0 saturated carbocycles. The van der Waals surface area contributed by atoms with Crippen molar-refractivity contribution in [2.24, 2.45) is 0 Å². The second kappa shape index (κ2) is 10.9. The molecule has 0 unspecified atom stereocenters. The lowest BCUT2D eigenvalue weighted by molar-refractivity contribution is -0.119. The molecule has 0 aliphatic heterocycles. The van der Waals surface area contributed by atoms with E-state index in [0.717, 1.165) is 11.4 Å². The number of amides is 2. The molecule has 3 rings (SSSR count). The highest BCUT2D eigenvalue weighted by molar-refractivity contribution is 6.33. The largest absolute Gasteiger partial charge is 0.451 e. The Balaban J connectivity index is 1.65. The van der Waals surface area contributed by atoms with Crippen LogP contribution in [0.3, 0.4) is 0 Å². The van der Waals surface area contributed by atoms with Crippen molar-refractivity contribution in [1.82, 2.24) is 19.7 Å². The lowest BCUT2D eigenvalue weighted by Gasteiger charge is -2.19. The quantitative estimate of drug-likeness (QED) is 0.488. The first kappa shape index (κ1) is 24.9. The molecule has 0 saturated heterocycles. The lowest BCUT2D eigenvalue weighted by atomic mass is 10.1. The Hall–Kier alpha value is -3.72. The summed E-state index contributed by atoms with van der Waals surface area (Å²) in [6.07, 6.45) is 0. The summed E-state index contributed by atoms with van der Waals surface area (Å²) in [5, 5.41) is 7.06. The summed E-state index contributed by atoms with van der Waals surface area (Å²) in [6, 6.07) is 11.6. The van der Waals surface area contributed by atoms with E-state index in [9.17, 15) is 14.4 Å². The van der Waals surface area contributed by atoms with E-state index in [1.54, 1.807) is 39.9 Å². The van der Waals surface area contributed by atoms with Crippen LogP contribution in [0.4, 0.5) is 5.69 Å². The van der Waals surface area contributed by atoms with Crippen LogP contribution in [0, 0.1) is 13.8 Å². The van der Waals surface area contributed by atoms with E-state index in [4.69, 9.17) is 16.3 Å². The van der Waals surface area contributed by atoms with Crippen LogP contribution in [-0.4, -0.2) is 57.1 Å². The molecule has 1 aromatic carbocycles. The van der Waals surface area contributed by atoms with Gasteiger partial charge in [0.1, 0.15) is 0 Å². The normalized spacial score (nSPS) is 10.6. The third-order valence-electron chi connectivity index (χ3n) is 5.03. The first-order valence-corrected chi connectivity index (χ1v) is 11.2. The minimum absolute atomic E-state index is 0.0957. The molecule has 3 aromatic rings. The lowest BCUT2D eigenvalue weighted by Crippen LogP contribution is -2.30. The molecule has 0 aliphatic rings. The van der Waals surface area contributed by atoms with Gasteiger partial charge in [0.15, 0.2) is 18.1 Å². The Morgan fingerprint density at radius 2 is 1.82 bits per heavy atom. The summed E-state index contributed by atoms with van der Waals surface area (Å²) in [6.45, 7) is 8.13. The zero-order valence-corrected chi connectivity index (χ0v) is 20.2. The average molecular weight is 484 g/mol. The number of aromatic nitrogens is 3. The number of esters is 1. The molecule has 2 heterocycles. The van der Waals surface area contributed by atoms with Gasteiger partial charge >= 0.3 is 5.97 Å². The second-order valence-electron chi connectivity index (χ2n) is 7.52. The van der Waals surface area contributed by atoms with Crippen molar-refractivity contribution < 1.29 is 19.1 Å². The number of anilines is 1. The molecule has 0 bridgehead atoms. The van der Waals surface area contributed by atoms with Gasteiger partial charge in [0.25, 0.3) is 11.8 Å². The van der Waals surface area contributed by atoms with Gasteiger partial charge in [-0.1, -0.05) is 17.7 Å². The van der Waals surface area contributed by atoms with Gasteiger partial charge in [-0.25, -0.2) is 14.5 Å². The number of nitrogens with one attached hydrogen (secondary N) is 1. The molecular weight excluding hydrogens is 458 g/mol. The molecule has 0 fully saturated rings. The molecule has 0 atom stereocenters. The second-order valence-corrected chi connectivity index (χ2v) is 7.93. The summed E-state index contributed by atoms with van der Waals surface area (Å²) < 4.78 is 6.70. The number of aryl methyl sites for hydroxylation is 2. The smallest absolute Gasteiger partial charge is 0.359 e. The van der Waals surface area contributed by atoms with Gasteiger partial charge in [-0.3, -0.25) is 9.59 Å². The summed E-state index contributed by atoms with van der Waals surface area (Å²) in [7, 11) is 0. The maximum Gasteiger partial charge on any atom is 0.359 e. The van der Waals surface area contributed by atoms with Crippen LogP contribution in [0.15, 0.2) is 42.5 Å². The Kier molecular flexibility index (Phi) is 8.01. The molecule has 10 heteroatoms. The van der Waals surface area contributed by atoms with Crippen molar-refractivity contribution in [2.75, 3.05) is 25.0 Å². The number of ether oxygens (including phenoxy) is 1. The SMILES string of the molecule is CCN(CC)C(=O)c1cccc(NC(=O)COC(=O)c2nc(-n3nc(C)cc3C)ccc2Cl)c1. The topological polar surface area (TPSA) is 106 Å². The van der Waals surface area contributed by atoms with Gasteiger partial charge in [-0.05, 0) is 64.1 Å². The predicted octanol–water partition coefficient (Wildman–Crippen LogP) is 3.82. The van der Waals surface area contributed by atoms with Gasteiger partial charge in [0, 0.05) is 30.0 Å². The van der Waals surface area contributed by atoms with Gasteiger partial charge in [-0.2, -0.15) is 5.10 Å². The van der Waals surface area contributed by atoms with E-state index in [1.807, 2.05) is 33.8 Å². The number of carbonyl (C=O) groups excluding carboxylic acids is 3. The van der Waals surface area contributed by atoms with Crippen LogP contribution in [-0.2, 0) is 9.53 Å². The fraction of sp³-hybridized carbons (Fsp3) is 0.292. The highest BCUT2D eigenvalue weighted by Crippen LogP contribution is 2.19. The molecule has 178 valence electrons. The van der Waals surface area contributed by atoms with E-state index in [1.165, 1.54) is 6.07 Å². The average Bonchev–Trinajstić information content (AvgIpc) is 3.16. The van der Waals surface area contributed by atoms with Crippen molar-refractivity contribution in [1.29, 1.82) is 0 Å². The zero-order chi connectivity index (χ0) is 24.8. The van der Waals surface area contributed by atoms with E-state index >= 15 is 0 Å². The van der Waals surface area contributed by atoms with Crippen molar-refractivity contribution >= 4 is 35.1 Å². The van der Waals surface area contributed by atoms with Gasteiger partial charge < -0.3 is 15.0 Å². The Morgan fingerprint density at radius 3 is 2.47 bits per heavy atom. The van der Waals surface area contributed by atoms with Crippen molar-refractivity contribution in [2.45, 2.75) is 27.7 Å². The summed E-state index contributed by atoms with van der Waals surface area (Å²) in [5.41, 5.74) is 2.40. The fourth-order valence-electron chi connectivity index (χ4n) is 3.37. The molecular formula is C24H26ClN5O4. The van der Waals surface area contributed by atoms with Crippen molar-refractivity contribution in [3.05, 3.63) is 70.1 Å². The number of pyridine rings is 1. The molecule has 1 N–H and O–H groups in total. The molecule has 0 spiro atoms. The number of hydrogen-bond acceptors (Lipinski definition) is 6. The Labute approximate surface area is 202 Å². The van der Waals surface area contributed by atoms with E-state index in [0.29, 0.717) is 30.2 Å². The number of nitrogens with zero attached hydrogens (tertiary/aromatic N) is 4.